The van der Waals surface area contributed by atoms with Crippen molar-refractivity contribution < 1.29 is 4.79 Å². The fourth-order valence-electron chi connectivity index (χ4n) is 3.61. The zero-order valence-electron chi connectivity index (χ0n) is 9.82. The van der Waals surface area contributed by atoms with Crippen LogP contribution in [-0.2, 0) is 4.79 Å². The predicted molar refractivity (Wildman–Crippen MR) is 62.6 cm³/mol. The molecule has 16 heavy (non-hydrogen) atoms. The van der Waals surface area contributed by atoms with Crippen LogP contribution < -0.4 is 11.1 Å². The van der Waals surface area contributed by atoms with Gasteiger partial charge < -0.3 is 11.1 Å². The molecule has 3 nitrogen and oxygen atoms in total. The number of nitrogens with one attached hydrogen (secondary N) is 1. The minimum Gasteiger partial charge on any atom is -0.354 e. The topological polar surface area (TPSA) is 55.1 Å². The fraction of sp³-hybridized carbons (Fsp3) is 0.923. The number of fused-ring (bicyclic) bond motifs is 2. The number of hydrogen-bond donors (Lipinski definition) is 2. The summed E-state index contributed by atoms with van der Waals surface area (Å²) in [4.78, 5) is 12.0. The van der Waals surface area contributed by atoms with Gasteiger partial charge in [-0.15, -0.1) is 0 Å². The molecule has 0 saturated heterocycles. The first-order chi connectivity index (χ1) is 7.74. The van der Waals surface area contributed by atoms with Gasteiger partial charge in [-0.3, -0.25) is 4.79 Å². The molecule has 4 atom stereocenters. The maximum Gasteiger partial charge on any atom is 0.223 e. The monoisotopic (exact) mass is 222 g/mol. The molecule has 3 N–H and O–H groups in total. The lowest BCUT2D eigenvalue weighted by Crippen LogP contribution is -2.42. The normalized spacial score (nSPS) is 38.7. The van der Waals surface area contributed by atoms with E-state index in [1.54, 1.807) is 0 Å². The number of carbonyl (C=O) groups excluding carboxylic acids is 1. The highest BCUT2D eigenvalue weighted by atomic mass is 16.1. The van der Waals surface area contributed by atoms with E-state index in [0.717, 1.165) is 12.3 Å². The van der Waals surface area contributed by atoms with Gasteiger partial charge in [-0.25, -0.2) is 0 Å². The van der Waals surface area contributed by atoms with E-state index < -0.39 is 0 Å². The highest BCUT2D eigenvalue weighted by molar-refractivity contribution is 5.79. The highest BCUT2D eigenvalue weighted by Crippen LogP contribution is 2.48. The van der Waals surface area contributed by atoms with Crippen LogP contribution in [0.2, 0.25) is 0 Å². The van der Waals surface area contributed by atoms with Crippen LogP contribution in [0.5, 0.6) is 0 Å². The number of carbonyl (C=O) groups is 1. The van der Waals surface area contributed by atoms with Crippen LogP contribution in [0.3, 0.4) is 0 Å². The lowest BCUT2D eigenvalue weighted by atomic mass is 9.88. The standard InChI is InChI=1S/C13H22N2O/c14-12(9-3-4-9)7-15-13(16)11-6-8-1-2-10(11)5-8/h8-12H,1-7,14H2,(H,15,16). The van der Waals surface area contributed by atoms with E-state index in [2.05, 4.69) is 5.32 Å². The van der Waals surface area contributed by atoms with E-state index in [0.29, 0.717) is 24.3 Å². The van der Waals surface area contributed by atoms with Crippen molar-refractivity contribution in [3.05, 3.63) is 0 Å². The predicted octanol–water partition coefficient (Wildman–Crippen LogP) is 1.28. The van der Waals surface area contributed by atoms with Gasteiger partial charge in [-0.1, -0.05) is 6.42 Å². The Labute approximate surface area is 97.2 Å². The van der Waals surface area contributed by atoms with Gasteiger partial charge in [0.15, 0.2) is 0 Å². The van der Waals surface area contributed by atoms with Gasteiger partial charge in [0.1, 0.15) is 0 Å². The average Bonchev–Trinajstić information content (AvgIpc) is 2.94. The maximum atomic E-state index is 12.0. The fourth-order valence-corrected chi connectivity index (χ4v) is 3.61. The van der Waals surface area contributed by atoms with E-state index in [1.807, 2.05) is 0 Å². The number of nitrogens with two attached hydrogens (primary N) is 1. The van der Waals surface area contributed by atoms with E-state index in [1.165, 1.54) is 32.1 Å². The Morgan fingerprint density at radius 3 is 2.62 bits per heavy atom. The van der Waals surface area contributed by atoms with Crippen LogP contribution >= 0.6 is 0 Å². The van der Waals surface area contributed by atoms with Gasteiger partial charge in [-0.05, 0) is 49.9 Å². The summed E-state index contributed by atoms with van der Waals surface area (Å²) in [7, 11) is 0. The van der Waals surface area contributed by atoms with Gasteiger partial charge in [0, 0.05) is 18.5 Å². The minimum absolute atomic E-state index is 0.197. The third-order valence-corrected chi connectivity index (χ3v) is 4.81. The number of amides is 1. The Morgan fingerprint density at radius 1 is 1.25 bits per heavy atom. The molecule has 0 aromatic carbocycles. The first kappa shape index (κ1) is 10.6. The summed E-state index contributed by atoms with van der Waals surface area (Å²) in [5, 5.41) is 3.07. The lowest BCUT2D eigenvalue weighted by Gasteiger charge is -2.21. The minimum atomic E-state index is 0.197. The van der Waals surface area contributed by atoms with Crippen LogP contribution in [-0.4, -0.2) is 18.5 Å². The van der Waals surface area contributed by atoms with Gasteiger partial charge in [-0.2, -0.15) is 0 Å². The molecular formula is C13H22N2O. The molecule has 3 saturated carbocycles. The van der Waals surface area contributed by atoms with Crippen LogP contribution in [0.15, 0.2) is 0 Å². The van der Waals surface area contributed by atoms with E-state index in [9.17, 15) is 4.79 Å². The summed E-state index contributed by atoms with van der Waals surface area (Å²) in [6, 6.07) is 0.197. The Morgan fingerprint density at radius 2 is 2.06 bits per heavy atom. The molecule has 0 spiro atoms. The molecule has 0 aliphatic heterocycles. The molecule has 0 heterocycles. The van der Waals surface area contributed by atoms with Gasteiger partial charge in [0.2, 0.25) is 5.91 Å². The molecule has 3 fully saturated rings. The molecular weight excluding hydrogens is 200 g/mol. The van der Waals surface area contributed by atoms with Crippen LogP contribution in [0.1, 0.15) is 38.5 Å². The Kier molecular flexibility index (Phi) is 2.66. The average molecular weight is 222 g/mol. The molecule has 2 bridgehead atoms. The zero-order chi connectivity index (χ0) is 11.1. The zero-order valence-corrected chi connectivity index (χ0v) is 9.82. The van der Waals surface area contributed by atoms with E-state index >= 15 is 0 Å². The van der Waals surface area contributed by atoms with Crippen molar-refractivity contribution in [3.8, 4) is 0 Å². The van der Waals surface area contributed by atoms with Crippen molar-refractivity contribution in [1.82, 2.24) is 5.32 Å². The van der Waals surface area contributed by atoms with Crippen molar-refractivity contribution in [3.63, 3.8) is 0 Å². The molecule has 3 heteroatoms. The quantitative estimate of drug-likeness (QED) is 0.752. The maximum absolute atomic E-state index is 12.0. The van der Waals surface area contributed by atoms with Crippen molar-refractivity contribution in [1.29, 1.82) is 0 Å². The van der Waals surface area contributed by atoms with Crippen LogP contribution in [0.4, 0.5) is 0 Å². The third kappa shape index (κ3) is 1.97. The lowest BCUT2D eigenvalue weighted by molar-refractivity contribution is -0.126. The molecule has 1 amide bonds. The van der Waals surface area contributed by atoms with Crippen molar-refractivity contribution in [2.24, 2.45) is 29.4 Å². The molecule has 4 unspecified atom stereocenters. The summed E-state index contributed by atoms with van der Waals surface area (Å²) in [5.41, 5.74) is 5.99. The second-order valence-corrected chi connectivity index (χ2v) is 6.03. The first-order valence-electron chi connectivity index (χ1n) is 6.77. The van der Waals surface area contributed by atoms with E-state index in [-0.39, 0.29) is 11.9 Å². The molecule has 3 aliphatic rings. The number of hydrogen-bond acceptors (Lipinski definition) is 2. The smallest absolute Gasteiger partial charge is 0.223 e. The molecule has 0 aromatic rings. The Bertz CT molecular complexity index is 288. The van der Waals surface area contributed by atoms with Crippen molar-refractivity contribution in [2.75, 3.05) is 6.54 Å². The molecule has 3 aliphatic carbocycles. The van der Waals surface area contributed by atoms with Crippen LogP contribution in [0, 0.1) is 23.7 Å². The second kappa shape index (κ2) is 4.02. The molecule has 0 radical (unpaired) electrons. The van der Waals surface area contributed by atoms with E-state index in [4.69, 9.17) is 5.73 Å². The molecule has 90 valence electrons. The first-order valence-corrected chi connectivity index (χ1v) is 6.77. The summed E-state index contributed by atoms with van der Waals surface area (Å²) >= 11 is 0. The summed E-state index contributed by atoms with van der Waals surface area (Å²) in [6.45, 7) is 0.692. The van der Waals surface area contributed by atoms with Crippen LogP contribution in [0.25, 0.3) is 0 Å². The summed E-state index contributed by atoms with van der Waals surface area (Å²) in [5.74, 6) is 2.80. The second-order valence-electron chi connectivity index (χ2n) is 6.03. The largest absolute Gasteiger partial charge is 0.354 e. The Hall–Kier alpha value is -0.570. The van der Waals surface area contributed by atoms with Gasteiger partial charge in [0.05, 0.1) is 0 Å². The molecule has 3 rings (SSSR count). The Balaban J connectivity index is 1.46. The van der Waals surface area contributed by atoms with Gasteiger partial charge >= 0.3 is 0 Å². The highest BCUT2D eigenvalue weighted by Gasteiger charge is 2.43. The van der Waals surface area contributed by atoms with Gasteiger partial charge in [0.25, 0.3) is 0 Å². The molecule has 0 aromatic heterocycles. The number of rotatable bonds is 4. The third-order valence-electron chi connectivity index (χ3n) is 4.81. The summed E-state index contributed by atoms with van der Waals surface area (Å²) in [6.07, 6.45) is 7.58. The SMILES string of the molecule is NC(CNC(=O)C1CC2CCC1C2)C1CC1. The van der Waals surface area contributed by atoms with Crippen molar-refractivity contribution >= 4 is 5.91 Å². The van der Waals surface area contributed by atoms with Crippen molar-refractivity contribution in [2.45, 2.75) is 44.6 Å². The summed E-state index contributed by atoms with van der Waals surface area (Å²) < 4.78 is 0.